The SMILES string of the molecule is CCC(I)C(=O)OC1C2C[C@H]3C1OC(=O)C3C2C(=O)OC(C)(C)C(O)(C(F)(F)F)C(F)(F)F. The molecule has 33 heavy (non-hydrogen) atoms. The van der Waals surface area contributed by atoms with Crippen molar-refractivity contribution in [3.63, 3.8) is 0 Å². The van der Waals surface area contributed by atoms with Crippen LogP contribution in [0.2, 0.25) is 0 Å². The number of fused-ring (bicyclic) bond motifs is 1. The maximum Gasteiger partial charge on any atom is 0.430 e. The Morgan fingerprint density at radius 3 is 2.18 bits per heavy atom. The summed E-state index contributed by atoms with van der Waals surface area (Å²) >= 11 is 1.83. The summed E-state index contributed by atoms with van der Waals surface area (Å²) in [7, 11) is 0. The minimum Gasteiger partial charge on any atom is -0.458 e. The monoisotopic (exact) mass is 602 g/mol. The topological polar surface area (TPSA) is 99.1 Å². The summed E-state index contributed by atoms with van der Waals surface area (Å²) in [6.07, 6.45) is -13.8. The molecule has 2 bridgehead atoms. The number of hydrogen-bond donors (Lipinski definition) is 1. The summed E-state index contributed by atoms with van der Waals surface area (Å²) in [5.74, 6) is -7.18. The van der Waals surface area contributed by atoms with Crippen molar-refractivity contribution in [1.82, 2.24) is 0 Å². The second kappa shape index (κ2) is 8.12. The van der Waals surface area contributed by atoms with Gasteiger partial charge in [-0.2, -0.15) is 26.3 Å². The highest BCUT2D eigenvalue weighted by Gasteiger charge is 2.79. The highest BCUT2D eigenvalue weighted by atomic mass is 127. The van der Waals surface area contributed by atoms with E-state index in [0.29, 0.717) is 6.42 Å². The molecule has 0 aromatic rings. The molecule has 0 aromatic heterocycles. The molecule has 6 unspecified atom stereocenters. The van der Waals surface area contributed by atoms with Crippen molar-refractivity contribution < 1.29 is 60.0 Å². The molecular formula is C19H21F6IO7. The molecule has 0 aromatic carbocycles. The van der Waals surface area contributed by atoms with E-state index >= 15 is 0 Å². The summed E-state index contributed by atoms with van der Waals surface area (Å²) < 4.78 is 94.6. The Bertz CT molecular complexity index is 827. The van der Waals surface area contributed by atoms with Gasteiger partial charge in [-0.05, 0) is 26.7 Å². The van der Waals surface area contributed by atoms with Crippen LogP contribution in [0.4, 0.5) is 26.3 Å². The number of halogens is 7. The lowest BCUT2D eigenvalue weighted by molar-refractivity contribution is -0.407. The van der Waals surface area contributed by atoms with E-state index in [-0.39, 0.29) is 20.3 Å². The van der Waals surface area contributed by atoms with E-state index < -0.39 is 81.3 Å². The van der Waals surface area contributed by atoms with Crippen molar-refractivity contribution in [2.24, 2.45) is 23.7 Å². The lowest BCUT2D eigenvalue weighted by Crippen LogP contribution is -2.70. The van der Waals surface area contributed by atoms with Gasteiger partial charge >= 0.3 is 30.3 Å². The molecule has 3 fully saturated rings. The molecule has 0 spiro atoms. The first kappa shape index (κ1) is 26.3. The Morgan fingerprint density at radius 2 is 1.70 bits per heavy atom. The second-order valence-electron chi connectivity index (χ2n) is 8.93. The van der Waals surface area contributed by atoms with Gasteiger partial charge in [0.25, 0.3) is 5.60 Å². The molecule has 1 aliphatic heterocycles. The van der Waals surface area contributed by atoms with E-state index in [9.17, 15) is 45.8 Å². The number of aliphatic hydroxyl groups is 1. The van der Waals surface area contributed by atoms with Gasteiger partial charge in [0, 0.05) is 11.8 Å². The van der Waals surface area contributed by atoms with Gasteiger partial charge in [0.1, 0.15) is 16.1 Å². The molecule has 2 saturated carbocycles. The largest absolute Gasteiger partial charge is 0.458 e. The van der Waals surface area contributed by atoms with E-state index in [4.69, 9.17) is 9.47 Å². The van der Waals surface area contributed by atoms with E-state index in [2.05, 4.69) is 4.74 Å². The van der Waals surface area contributed by atoms with E-state index in [0.717, 1.165) is 0 Å². The first-order valence-corrected chi connectivity index (χ1v) is 11.3. The fourth-order valence-electron chi connectivity index (χ4n) is 5.08. The Morgan fingerprint density at radius 1 is 1.15 bits per heavy atom. The van der Waals surface area contributed by atoms with E-state index in [1.165, 1.54) is 0 Å². The van der Waals surface area contributed by atoms with Crippen LogP contribution in [-0.4, -0.2) is 62.7 Å². The lowest BCUT2D eigenvalue weighted by atomic mass is 9.78. The molecule has 3 rings (SSSR count). The molecule has 14 heteroatoms. The third-order valence-corrected chi connectivity index (χ3v) is 8.12. The Kier molecular flexibility index (Phi) is 6.47. The fraction of sp³-hybridized carbons (Fsp3) is 0.842. The van der Waals surface area contributed by atoms with Gasteiger partial charge in [-0.1, -0.05) is 29.5 Å². The van der Waals surface area contributed by atoms with Crippen molar-refractivity contribution in [2.75, 3.05) is 0 Å². The zero-order valence-corrected chi connectivity index (χ0v) is 19.7. The average Bonchev–Trinajstić information content (AvgIpc) is 3.27. The van der Waals surface area contributed by atoms with Crippen molar-refractivity contribution in [2.45, 2.75) is 73.3 Å². The number of hydrogen-bond acceptors (Lipinski definition) is 7. The highest BCUT2D eigenvalue weighted by molar-refractivity contribution is 14.1. The van der Waals surface area contributed by atoms with Crippen LogP contribution in [0.1, 0.15) is 33.6 Å². The minimum atomic E-state index is -6.23. The third-order valence-electron chi connectivity index (χ3n) is 6.73. The predicted octanol–water partition coefficient (Wildman–Crippen LogP) is 3.10. The van der Waals surface area contributed by atoms with Crippen molar-refractivity contribution in [3.8, 4) is 0 Å². The molecular weight excluding hydrogens is 581 g/mol. The van der Waals surface area contributed by atoms with Crippen LogP contribution in [0.5, 0.6) is 0 Å². The normalized spacial score (nSPS) is 32.5. The molecule has 0 radical (unpaired) electrons. The smallest absolute Gasteiger partial charge is 0.430 e. The summed E-state index contributed by atoms with van der Waals surface area (Å²) in [4.78, 5) is 37.5. The zero-order chi connectivity index (χ0) is 25.3. The standard InChI is InChI=1S/C19H21F6IO7/c1-4-8(26)13(27)31-11-7-5-6-9(14(28)32-12(6)11)10(7)15(29)33-16(2,3)17(30,18(20,21)22)19(23,24)25/h6-12,30H,4-5H2,1-3H3/t6-,7?,8?,9?,10?,11?,12?/m1/s1. The summed E-state index contributed by atoms with van der Waals surface area (Å²) in [5.41, 5.74) is -8.87. The van der Waals surface area contributed by atoms with Gasteiger partial charge in [-0.25, -0.2) is 0 Å². The number of alkyl halides is 7. The summed E-state index contributed by atoms with van der Waals surface area (Å²) in [5, 5.41) is 9.69. The Labute approximate surface area is 197 Å². The molecule has 3 aliphatic rings. The second-order valence-corrected chi connectivity index (χ2v) is 10.4. The molecule has 1 heterocycles. The van der Waals surface area contributed by atoms with Gasteiger partial charge in [-0.3, -0.25) is 14.4 Å². The van der Waals surface area contributed by atoms with Gasteiger partial charge in [0.05, 0.1) is 11.8 Å². The van der Waals surface area contributed by atoms with Crippen LogP contribution in [-0.2, 0) is 28.6 Å². The van der Waals surface area contributed by atoms with Crippen LogP contribution >= 0.6 is 22.6 Å². The van der Waals surface area contributed by atoms with Gasteiger partial charge < -0.3 is 19.3 Å². The molecule has 1 saturated heterocycles. The molecule has 1 N–H and O–H groups in total. The lowest BCUT2D eigenvalue weighted by Gasteiger charge is -2.44. The van der Waals surface area contributed by atoms with E-state index in [1.807, 2.05) is 22.6 Å². The Hall–Kier alpha value is -1.32. The molecule has 7 nitrogen and oxygen atoms in total. The number of esters is 3. The number of carbonyl (C=O) groups is 3. The fourth-order valence-corrected chi connectivity index (χ4v) is 5.23. The molecule has 2 aliphatic carbocycles. The quantitative estimate of drug-likeness (QED) is 0.164. The molecule has 7 atom stereocenters. The molecule has 188 valence electrons. The summed E-state index contributed by atoms with van der Waals surface area (Å²) in [6, 6.07) is 0. The summed E-state index contributed by atoms with van der Waals surface area (Å²) in [6.45, 7) is 2.29. The van der Waals surface area contributed by atoms with Gasteiger partial charge in [-0.15, -0.1) is 0 Å². The third kappa shape index (κ3) is 3.88. The van der Waals surface area contributed by atoms with E-state index in [1.54, 1.807) is 6.92 Å². The van der Waals surface area contributed by atoms with Gasteiger partial charge in [0.2, 0.25) is 0 Å². The zero-order valence-electron chi connectivity index (χ0n) is 17.5. The Balaban J connectivity index is 1.89. The predicted molar refractivity (Wildman–Crippen MR) is 104 cm³/mol. The molecule has 0 amide bonds. The van der Waals surface area contributed by atoms with Crippen LogP contribution in [0, 0.1) is 23.7 Å². The number of carbonyl (C=O) groups excluding carboxylic acids is 3. The maximum atomic E-state index is 13.3. The van der Waals surface area contributed by atoms with Crippen LogP contribution in [0.3, 0.4) is 0 Å². The van der Waals surface area contributed by atoms with Crippen molar-refractivity contribution in [1.29, 1.82) is 0 Å². The van der Waals surface area contributed by atoms with Crippen molar-refractivity contribution >= 4 is 40.5 Å². The van der Waals surface area contributed by atoms with Crippen LogP contribution in [0.25, 0.3) is 0 Å². The maximum absolute atomic E-state index is 13.3. The first-order chi connectivity index (χ1) is 14.9. The first-order valence-electron chi connectivity index (χ1n) is 10.0. The number of ether oxygens (including phenoxy) is 3. The van der Waals surface area contributed by atoms with Crippen LogP contribution < -0.4 is 0 Å². The highest BCUT2D eigenvalue weighted by Crippen LogP contribution is 2.60. The van der Waals surface area contributed by atoms with Gasteiger partial charge in [0.15, 0.2) is 5.60 Å². The van der Waals surface area contributed by atoms with Crippen LogP contribution in [0.15, 0.2) is 0 Å². The average molecular weight is 602 g/mol. The van der Waals surface area contributed by atoms with Crippen molar-refractivity contribution in [3.05, 3.63) is 0 Å². The number of rotatable bonds is 6. The minimum absolute atomic E-state index is 0.139.